The largest absolute Gasteiger partial charge is 4.00 e. The zero-order valence-electron chi connectivity index (χ0n) is 5.19. The van der Waals surface area contributed by atoms with Crippen LogP contribution in [0, 0.1) is 35.6 Å². The molecule has 0 aromatic rings. The monoisotopic (exact) mass is 538 g/mol. The van der Waals surface area contributed by atoms with Crippen LogP contribution >= 0.6 is 0 Å². The van der Waals surface area contributed by atoms with E-state index in [9.17, 15) is 0 Å². The molecule has 0 radical (unpaired) electrons. The van der Waals surface area contributed by atoms with Crippen molar-refractivity contribution < 1.29 is 104 Å². The summed E-state index contributed by atoms with van der Waals surface area (Å²) in [5.74, 6) is 0. The second-order valence-electron chi connectivity index (χ2n) is 0. The van der Waals surface area contributed by atoms with Crippen molar-refractivity contribution in [3.63, 3.8) is 0 Å². The van der Waals surface area contributed by atoms with Gasteiger partial charge in [-0.1, -0.05) is 0 Å². The molecule has 0 aliphatic carbocycles. The summed E-state index contributed by atoms with van der Waals surface area (Å²) in [6.45, 7) is 0. The summed E-state index contributed by atoms with van der Waals surface area (Å²) in [5, 5.41) is 0. The molecular formula is BaF9LaZr. The van der Waals surface area contributed by atoms with E-state index >= 15 is 0 Å². The SMILES string of the molecule is [Ba+2].[F-].[F-].[F-].[F-].[F-].[F-].[F-].[F-].[F-].[La+3].[Zr+4]. The Morgan fingerprint density at radius 1 is 0.333 bits per heavy atom. The maximum Gasteiger partial charge on any atom is 4.00 e. The second-order valence-corrected chi connectivity index (χ2v) is 0. The summed E-state index contributed by atoms with van der Waals surface area (Å²) in [4.78, 5) is 0. The van der Waals surface area contributed by atoms with Crippen LogP contribution in [-0.4, -0.2) is 48.9 Å². The molecule has 0 N–H and O–H groups in total. The van der Waals surface area contributed by atoms with Gasteiger partial charge in [0.15, 0.2) is 0 Å². The van der Waals surface area contributed by atoms with Crippen molar-refractivity contribution in [1.29, 1.82) is 0 Å². The molecule has 0 atom stereocenters. The molecule has 72 valence electrons. The van der Waals surface area contributed by atoms with Crippen LogP contribution in [-0.2, 0) is 26.2 Å². The van der Waals surface area contributed by atoms with Crippen molar-refractivity contribution in [1.82, 2.24) is 0 Å². The molecule has 0 spiro atoms. The Balaban J connectivity index is 0. The molecule has 0 amide bonds. The molecule has 0 aromatic carbocycles. The smallest absolute Gasteiger partial charge is 1.00 e. The molecule has 0 saturated carbocycles. The minimum absolute atomic E-state index is 0. The summed E-state index contributed by atoms with van der Waals surface area (Å²) < 4.78 is 0. The van der Waals surface area contributed by atoms with Gasteiger partial charge in [0.05, 0.1) is 0 Å². The minimum atomic E-state index is 0. The van der Waals surface area contributed by atoms with Crippen LogP contribution in [0.25, 0.3) is 0 Å². The Morgan fingerprint density at radius 3 is 0.333 bits per heavy atom. The van der Waals surface area contributed by atoms with Gasteiger partial charge >= 0.3 is 111 Å². The zero-order chi connectivity index (χ0) is 0. The molecule has 12 heavy (non-hydrogen) atoms. The molecule has 0 aromatic heterocycles. The predicted molar refractivity (Wildman–Crippen MR) is 5.75 cm³/mol. The normalized spacial score (nSPS) is 0. The zero-order valence-corrected chi connectivity index (χ0v) is 15.7. The van der Waals surface area contributed by atoms with E-state index in [0.29, 0.717) is 0 Å². The van der Waals surface area contributed by atoms with E-state index in [1.54, 1.807) is 0 Å². The van der Waals surface area contributed by atoms with Crippen molar-refractivity contribution in [2.75, 3.05) is 0 Å². The van der Waals surface area contributed by atoms with E-state index in [-0.39, 0.29) is 153 Å². The molecular weight excluding hydrogens is 538 g/mol. The molecule has 0 heterocycles. The van der Waals surface area contributed by atoms with E-state index in [2.05, 4.69) is 0 Å². The Hall–Kier alpha value is 3.02. The number of rotatable bonds is 0. The summed E-state index contributed by atoms with van der Waals surface area (Å²) >= 11 is 0. The number of hydrogen-bond acceptors (Lipinski definition) is 0. The standard InChI is InChI=1S/Ba.9FH.La.Zr/h;9*1H;;/q+2;;;;;;;;;;+3;+4/p-9. The van der Waals surface area contributed by atoms with Gasteiger partial charge in [-0.15, -0.1) is 0 Å². The van der Waals surface area contributed by atoms with Crippen LogP contribution in [0.2, 0.25) is 0 Å². The van der Waals surface area contributed by atoms with Crippen molar-refractivity contribution in [2.24, 2.45) is 0 Å². The summed E-state index contributed by atoms with van der Waals surface area (Å²) in [5.41, 5.74) is 0. The fourth-order valence-corrected chi connectivity index (χ4v) is 0. The van der Waals surface area contributed by atoms with Crippen molar-refractivity contribution in [2.45, 2.75) is 0 Å². The summed E-state index contributed by atoms with van der Waals surface area (Å²) in [6, 6.07) is 0. The van der Waals surface area contributed by atoms with Gasteiger partial charge in [0.2, 0.25) is 0 Å². The molecule has 0 aliphatic heterocycles. The first-order chi connectivity index (χ1) is 0. The first-order valence-electron chi connectivity index (χ1n) is 0. The van der Waals surface area contributed by atoms with Crippen molar-refractivity contribution in [3.05, 3.63) is 0 Å². The Bertz CT molecular complexity index is 14.5. The predicted octanol–water partition coefficient (Wildman–Crippen LogP) is -27.3. The minimum Gasteiger partial charge on any atom is -1.00 e. The fourth-order valence-electron chi connectivity index (χ4n) is 0. The third kappa shape index (κ3) is 206. The Labute approximate surface area is 150 Å². The molecule has 0 saturated heterocycles. The average Bonchev–Trinajstić information content (AvgIpc) is 0. The number of halogens is 9. The van der Waals surface area contributed by atoms with Gasteiger partial charge in [-0.05, 0) is 0 Å². The first kappa shape index (κ1) is 324. The van der Waals surface area contributed by atoms with Crippen LogP contribution in [0.1, 0.15) is 0 Å². The third-order valence-electron chi connectivity index (χ3n) is 0. The topological polar surface area (TPSA) is 0 Å². The van der Waals surface area contributed by atoms with Crippen LogP contribution in [0.15, 0.2) is 0 Å². The van der Waals surface area contributed by atoms with Crippen LogP contribution in [0.3, 0.4) is 0 Å². The molecule has 0 rings (SSSR count). The maximum atomic E-state index is 0. The molecule has 0 fully saturated rings. The van der Waals surface area contributed by atoms with Crippen LogP contribution in [0.5, 0.6) is 0 Å². The number of hydrogen-bond donors (Lipinski definition) is 0. The van der Waals surface area contributed by atoms with E-state index in [1.165, 1.54) is 0 Å². The third-order valence-corrected chi connectivity index (χ3v) is 0. The van der Waals surface area contributed by atoms with Crippen molar-refractivity contribution in [3.8, 4) is 0 Å². The van der Waals surface area contributed by atoms with Crippen molar-refractivity contribution >= 4 is 48.9 Å². The Morgan fingerprint density at radius 2 is 0.333 bits per heavy atom. The summed E-state index contributed by atoms with van der Waals surface area (Å²) in [6.07, 6.45) is 0. The van der Waals surface area contributed by atoms with E-state index in [0.717, 1.165) is 0 Å². The van der Waals surface area contributed by atoms with Crippen LogP contribution < -0.4 is 42.3 Å². The van der Waals surface area contributed by atoms with Gasteiger partial charge in [0.25, 0.3) is 0 Å². The van der Waals surface area contributed by atoms with Gasteiger partial charge in [-0.2, -0.15) is 0 Å². The fraction of sp³-hybridized carbons (Fsp3) is 0. The molecule has 12 heteroatoms. The molecule has 0 aliphatic rings. The average molecular weight is 538 g/mol. The Kier molecular flexibility index (Phi) is 7030. The van der Waals surface area contributed by atoms with E-state index < -0.39 is 0 Å². The van der Waals surface area contributed by atoms with Gasteiger partial charge in [0, 0.05) is 0 Å². The molecule has 0 unspecified atom stereocenters. The van der Waals surface area contributed by atoms with Gasteiger partial charge in [-0.3, -0.25) is 0 Å². The van der Waals surface area contributed by atoms with Crippen LogP contribution in [0.4, 0.5) is 0 Å². The van der Waals surface area contributed by atoms with E-state index in [1.807, 2.05) is 0 Å². The molecule has 0 nitrogen and oxygen atoms in total. The van der Waals surface area contributed by atoms with Gasteiger partial charge in [0.1, 0.15) is 0 Å². The molecule has 0 bridgehead atoms. The van der Waals surface area contributed by atoms with E-state index in [4.69, 9.17) is 0 Å². The van der Waals surface area contributed by atoms with Gasteiger partial charge in [-0.25, -0.2) is 0 Å². The first-order valence-corrected chi connectivity index (χ1v) is 0. The maximum absolute atomic E-state index is 0. The second kappa shape index (κ2) is 261. The summed E-state index contributed by atoms with van der Waals surface area (Å²) in [7, 11) is 0. The van der Waals surface area contributed by atoms with Gasteiger partial charge < -0.3 is 42.3 Å². The quantitative estimate of drug-likeness (QED) is 0.213.